The fourth-order valence-electron chi connectivity index (χ4n) is 3.66. The maximum atomic E-state index is 13.4. The van der Waals surface area contributed by atoms with Gasteiger partial charge in [0.05, 0.1) is 23.9 Å². The highest BCUT2D eigenvalue weighted by Crippen LogP contribution is 2.44. The number of carbonyl (C=O) groups excluding carboxylic acids is 3. The molecule has 0 radical (unpaired) electrons. The van der Waals surface area contributed by atoms with Gasteiger partial charge in [-0.15, -0.1) is 0 Å². The van der Waals surface area contributed by atoms with Crippen molar-refractivity contribution in [1.29, 1.82) is 0 Å². The molecular formula is C24H18ClFN2O5S. The number of benzene rings is 2. The first-order valence-electron chi connectivity index (χ1n) is 10.2. The number of Topliss-reactive ketones (excluding diaryl/α,β-unsaturated/α-hetero) is 1. The Morgan fingerprint density at radius 1 is 1.24 bits per heavy atom. The van der Waals surface area contributed by atoms with E-state index in [0.29, 0.717) is 16.3 Å². The lowest BCUT2D eigenvalue weighted by atomic mass is 9.95. The summed E-state index contributed by atoms with van der Waals surface area (Å²) in [7, 11) is 0. The van der Waals surface area contributed by atoms with Gasteiger partial charge in [0, 0.05) is 10.6 Å². The van der Waals surface area contributed by atoms with Gasteiger partial charge in [0.2, 0.25) is 0 Å². The third-order valence-electron chi connectivity index (χ3n) is 5.18. The SMILES string of the molecule is CCOC(=O)c1sc(N2C(=O)C(=O)/C(=C(/O)c3ccc(F)cc3)C2c2cccc(Cl)c2)nc1C. The van der Waals surface area contributed by atoms with Crippen LogP contribution in [0.1, 0.15) is 39.5 Å². The van der Waals surface area contributed by atoms with Crippen LogP contribution in [0.4, 0.5) is 9.52 Å². The van der Waals surface area contributed by atoms with Gasteiger partial charge in [0.1, 0.15) is 16.5 Å². The van der Waals surface area contributed by atoms with E-state index in [2.05, 4.69) is 4.98 Å². The second-order valence-corrected chi connectivity index (χ2v) is 8.78. The minimum Gasteiger partial charge on any atom is -0.507 e. The summed E-state index contributed by atoms with van der Waals surface area (Å²) in [4.78, 5) is 44.3. The number of esters is 1. The van der Waals surface area contributed by atoms with Gasteiger partial charge < -0.3 is 9.84 Å². The topological polar surface area (TPSA) is 96.8 Å². The number of ketones is 1. The Kier molecular flexibility index (Phi) is 6.49. The van der Waals surface area contributed by atoms with Crippen LogP contribution < -0.4 is 4.90 Å². The van der Waals surface area contributed by atoms with Crippen molar-refractivity contribution in [3.05, 3.63) is 86.6 Å². The summed E-state index contributed by atoms with van der Waals surface area (Å²) in [6, 6.07) is 10.3. The molecular weight excluding hydrogens is 483 g/mol. The van der Waals surface area contributed by atoms with Crippen molar-refractivity contribution in [2.45, 2.75) is 19.9 Å². The zero-order valence-corrected chi connectivity index (χ0v) is 19.6. The number of halogens is 2. The predicted octanol–water partition coefficient (Wildman–Crippen LogP) is 5.05. The van der Waals surface area contributed by atoms with Crippen molar-refractivity contribution < 1.29 is 28.6 Å². The van der Waals surface area contributed by atoms with Crippen molar-refractivity contribution in [2.24, 2.45) is 0 Å². The number of hydrogen-bond acceptors (Lipinski definition) is 7. The summed E-state index contributed by atoms with van der Waals surface area (Å²) in [5.74, 6) is -3.46. The van der Waals surface area contributed by atoms with Crippen LogP contribution in [-0.2, 0) is 14.3 Å². The predicted molar refractivity (Wildman–Crippen MR) is 125 cm³/mol. The average molecular weight is 501 g/mol. The number of ether oxygens (including phenoxy) is 1. The zero-order valence-electron chi connectivity index (χ0n) is 18.0. The van der Waals surface area contributed by atoms with E-state index in [1.54, 1.807) is 38.1 Å². The third-order valence-corrected chi connectivity index (χ3v) is 6.55. The Hall–Kier alpha value is -3.56. The minimum atomic E-state index is -1.08. The Morgan fingerprint density at radius 3 is 2.59 bits per heavy atom. The molecule has 1 N–H and O–H groups in total. The highest BCUT2D eigenvalue weighted by molar-refractivity contribution is 7.17. The number of aromatic nitrogens is 1. The normalized spacial score (nSPS) is 17.3. The van der Waals surface area contributed by atoms with E-state index in [-0.39, 0.29) is 27.8 Å². The first-order chi connectivity index (χ1) is 16.2. The van der Waals surface area contributed by atoms with E-state index >= 15 is 0 Å². The van der Waals surface area contributed by atoms with Crippen LogP contribution in [0.15, 0.2) is 54.1 Å². The van der Waals surface area contributed by atoms with Crippen molar-refractivity contribution >= 4 is 51.5 Å². The summed E-state index contributed by atoms with van der Waals surface area (Å²) >= 11 is 7.08. The second kappa shape index (κ2) is 9.36. The quantitative estimate of drug-likeness (QED) is 0.228. The van der Waals surface area contributed by atoms with Gasteiger partial charge in [-0.05, 0) is 55.8 Å². The van der Waals surface area contributed by atoms with Gasteiger partial charge in [0.15, 0.2) is 5.13 Å². The molecule has 174 valence electrons. The molecule has 1 aliphatic heterocycles. The number of rotatable bonds is 5. The lowest BCUT2D eigenvalue weighted by molar-refractivity contribution is -0.132. The lowest BCUT2D eigenvalue weighted by Crippen LogP contribution is -2.29. The molecule has 1 atom stereocenters. The number of aliphatic hydroxyl groups excluding tert-OH is 1. The Labute approximate surface area is 203 Å². The molecule has 0 saturated carbocycles. The molecule has 2 aromatic carbocycles. The molecule has 0 spiro atoms. The molecule has 7 nitrogen and oxygen atoms in total. The molecule has 1 amide bonds. The molecule has 34 heavy (non-hydrogen) atoms. The van der Waals surface area contributed by atoms with Gasteiger partial charge in [-0.25, -0.2) is 14.2 Å². The minimum absolute atomic E-state index is 0.0887. The molecule has 10 heteroatoms. The van der Waals surface area contributed by atoms with Gasteiger partial charge in [-0.2, -0.15) is 0 Å². The number of aryl methyl sites for hydroxylation is 1. The number of thiazole rings is 1. The molecule has 1 unspecified atom stereocenters. The summed E-state index contributed by atoms with van der Waals surface area (Å²) in [6.07, 6.45) is 0. The molecule has 1 saturated heterocycles. The van der Waals surface area contributed by atoms with E-state index in [1.807, 2.05) is 0 Å². The Bertz CT molecular complexity index is 1340. The first-order valence-corrected chi connectivity index (χ1v) is 11.4. The number of amides is 1. The van der Waals surface area contributed by atoms with E-state index in [1.165, 1.54) is 12.1 Å². The van der Waals surface area contributed by atoms with Gasteiger partial charge in [-0.3, -0.25) is 14.5 Å². The summed E-state index contributed by atoms with van der Waals surface area (Å²) in [5, 5.41) is 11.5. The first kappa shape index (κ1) is 23.6. The van der Waals surface area contributed by atoms with Crippen LogP contribution in [0.25, 0.3) is 5.76 Å². The van der Waals surface area contributed by atoms with Crippen molar-refractivity contribution in [1.82, 2.24) is 4.98 Å². The highest BCUT2D eigenvalue weighted by Gasteiger charge is 2.48. The fourth-order valence-corrected chi connectivity index (χ4v) is 4.84. The molecule has 1 aliphatic rings. The van der Waals surface area contributed by atoms with E-state index in [9.17, 15) is 23.9 Å². The standard InChI is InChI=1S/C24H18ClFN2O5S/c1-3-33-23(32)21-12(2)27-24(34-21)28-18(14-5-4-6-15(25)11-14)17(20(30)22(28)31)19(29)13-7-9-16(26)10-8-13/h4-11,18,29H,3H2,1-2H3/b19-17+. The van der Waals surface area contributed by atoms with Gasteiger partial charge >= 0.3 is 11.9 Å². The summed E-state index contributed by atoms with van der Waals surface area (Å²) < 4.78 is 18.5. The second-order valence-electron chi connectivity index (χ2n) is 7.36. The van der Waals surface area contributed by atoms with Crippen LogP contribution >= 0.6 is 22.9 Å². The number of anilines is 1. The largest absolute Gasteiger partial charge is 0.507 e. The van der Waals surface area contributed by atoms with Crippen LogP contribution in [0.3, 0.4) is 0 Å². The van der Waals surface area contributed by atoms with Gasteiger partial charge in [0.25, 0.3) is 5.78 Å². The molecule has 0 aliphatic carbocycles. The maximum absolute atomic E-state index is 13.4. The van der Waals surface area contributed by atoms with Crippen molar-refractivity contribution in [3.63, 3.8) is 0 Å². The molecule has 1 aromatic heterocycles. The number of aliphatic hydroxyl groups is 1. The van der Waals surface area contributed by atoms with Crippen LogP contribution in [0.2, 0.25) is 5.02 Å². The maximum Gasteiger partial charge on any atom is 0.350 e. The van der Waals surface area contributed by atoms with Gasteiger partial charge in [-0.1, -0.05) is 35.1 Å². The third kappa shape index (κ3) is 4.20. The lowest BCUT2D eigenvalue weighted by Gasteiger charge is -2.23. The van der Waals surface area contributed by atoms with E-state index in [4.69, 9.17) is 16.3 Å². The fraction of sp³-hybridized carbons (Fsp3) is 0.167. The number of hydrogen-bond donors (Lipinski definition) is 1. The highest BCUT2D eigenvalue weighted by atomic mass is 35.5. The average Bonchev–Trinajstić information content (AvgIpc) is 3.31. The van der Waals surface area contributed by atoms with Crippen LogP contribution in [0, 0.1) is 12.7 Å². The molecule has 1 fully saturated rings. The van der Waals surface area contributed by atoms with E-state index < -0.39 is 35.3 Å². The number of carbonyl (C=O) groups is 3. The van der Waals surface area contributed by atoms with Crippen LogP contribution in [0.5, 0.6) is 0 Å². The Balaban J connectivity index is 1.91. The number of nitrogens with zero attached hydrogens (tertiary/aromatic N) is 2. The van der Waals surface area contributed by atoms with Crippen molar-refractivity contribution in [3.8, 4) is 0 Å². The summed E-state index contributed by atoms with van der Waals surface area (Å²) in [6.45, 7) is 3.42. The molecule has 2 heterocycles. The molecule has 4 rings (SSSR count). The Morgan fingerprint density at radius 2 is 1.94 bits per heavy atom. The summed E-state index contributed by atoms with van der Waals surface area (Å²) in [5.41, 5.74) is 0.739. The monoisotopic (exact) mass is 500 g/mol. The van der Waals surface area contributed by atoms with E-state index in [0.717, 1.165) is 28.4 Å². The van der Waals surface area contributed by atoms with Crippen molar-refractivity contribution in [2.75, 3.05) is 11.5 Å². The smallest absolute Gasteiger partial charge is 0.350 e. The molecule has 3 aromatic rings. The van der Waals surface area contributed by atoms with Crippen LogP contribution in [-0.4, -0.2) is 34.4 Å². The molecule has 0 bridgehead atoms. The zero-order chi connectivity index (χ0) is 24.6.